The van der Waals surface area contributed by atoms with Crippen LogP contribution in [0.3, 0.4) is 0 Å². The number of rotatable bonds is 5. The van der Waals surface area contributed by atoms with Gasteiger partial charge in [0.05, 0.1) is 0 Å². The van der Waals surface area contributed by atoms with E-state index in [1.165, 1.54) is 6.21 Å². The highest BCUT2D eigenvalue weighted by atomic mass is 127. The quantitative estimate of drug-likeness (QED) is 0.178. The number of pyridine rings is 1. The van der Waals surface area contributed by atoms with Crippen molar-refractivity contribution < 1.29 is 0 Å². The minimum absolute atomic E-state index is 0.796. The van der Waals surface area contributed by atoms with Crippen LogP contribution in [0.2, 0.25) is 0 Å². The third-order valence-corrected chi connectivity index (χ3v) is 2.54. The standard InChI is InChI=1S/C16H17N.C4H7N.C2H6.CH3I5S/c1-5-6-7-8-13(2)15(4)11-16-12-17-10-9-14(16)3;1-4(2)3-5;1-2;1-7(2,3,4,5)6/h5-12H,2-4H2,1H3;3,5H,1H2,2H3;1-2H3;1H3/b6-5-,8-7+,16-11-;;;. The summed E-state index contributed by atoms with van der Waals surface area (Å²) in [5.74, 6) is 0. The van der Waals surface area contributed by atoms with Crippen molar-refractivity contribution in [2.75, 3.05) is 6.26 Å². The SMILES string of the molecule is C=C(/C=C/C=C\C)C(=C)/C=c1/cnccc1=C.C=C(C)C=N.CC.CS(I)(I)(I)(I)I. The van der Waals surface area contributed by atoms with Crippen LogP contribution in [0, 0.1) is 5.41 Å². The van der Waals surface area contributed by atoms with Gasteiger partial charge in [0.2, 0.25) is 0 Å². The molecule has 1 aromatic rings. The molecule has 0 fully saturated rings. The fraction of sp³-hybridized carbons (Fsp3) is 0.217. The summed E-state index contributed by atoms with van der Waals surface area (Å²) in [6.07, 6.45) is 16.7. The van der Waals surface area contributed by atoms with Crippen LogP contribution in [0.15, 0.2) is 79.2 Å². The molecule has 0 amide bonds. The molecule has 1 N–H and O–H groups in total. The van der Waals surface area contributed by atoms with Crippen molar-refractivity contribution in [3.63, 3.8) is 0 Å². The third-order valence-electron chi connectivity index (χ3n) is 2.54. The van der Waals surface area contributed by atoms with E-state index in [0.717, 1.165) is 27.2 Å². The molecule has 0 radical (unpaired) electrons. The minimum atomic E-state index is -1.62. The summed E-state index contributed by atoms with van der Waals surface area (Å²) >= 11 is 12.6. The monoisotopic (exact) mass is 1000 g/mol. The van der Waals surface area contributed by atoms with Gasteiger partial charge in [-0.25, -0.2) is 0 Å². The molecule has 31 heavy (non-hydrogen) atoms. The lowest BCUT2D eigenvalue weighted by molar-refractivity contribution is 1.27. The number of aromatic nitrogens is 1. The largest absolute Gasteiger partial charge is 0.309 e. The molecular formula is C23H33I5N2S. The van der Waals surface area contributed by atoms with Crippen LogP contribution in [0.1, 0.15) is 27.7 Å². The Balaban J connectivity index is -0.000000463. The number of halogens is 5. The zero-order valence-electron chi connectivity index (χ0n) is 18.8. The maximum Gasteiger partial charge on any atom is 0.0346 e. The van der Waals surface area contributed by atoms with E-state index < -0.39 is -5.85 Å². The molecule has 1 aromatic heterocycles. The average molecular weight is 1000 g/mol. The van der Waals surface area contributed by atoms with Crippen molar-refractivity contribution in [1.82, 2.24) is 4.98 Å². The van der Waals surface area contributed by atoms with E-state index in [-0.39, 0.29) is 0 Å². The third kappa shape index (κ3) is 36.0. The molecule has 2 nitrogen and oxygen atoms in total. The summed E-state index contributed by atoms with van der Waals surface area (Å²) in [7, 11) is 0. The van der Waals surface area contributed by atoms with E-state index in [2.05, 4.69) is 144 Å². The van der Waals surface area contributed by atoms with E-state index in [1.807, 2.05) is 57.2 Å². The van der Waals surface area contributed by atoms with Gasteiger partial charge in [-0.1, -0.05) is 58.6 Å². The Morgan fingerprint density at radius 2 is 1.48 bits per heavy atom. The van der Waals surface area contributed by atoms with Crippen molar-refractivity contribution in [3.05, 3.63) is 89.7 Å². The minimum Gasteiger partial charge on any atom is -0.309 e. The molecular weight excluding hydrogens is 971 g/mol. The van der Waals surface area contributed by atoms with Gasteiger partial charge in [-0.2, -0.15) is 0 Å². The van der Waals surface area contributed by atoms with Gasteiger partial charge < -0.3 is 5.41 Å². The Morgan fingerprint density at radius 3 is 1.84 bits per heavy atom. The molecule has 0 spiro atoms. The Morgan fingerprint density at radius 1 is 1.03 bits per heavy atom. The predicted molar refractivity (Wildman–Crippen MR) is 194 cm³/mol. The molecule has 0 saturated carbocycles. The highest BCUT2D eigenvalue weighted by molar-refractivity contribution is 14.7. The van der Waals surface area contributed by atoms with Crippen molar-refractivity contribution in [2.45, 2.75) is 27.7 Å². The summed E-state index contributed by atoms with van der Waals surface area (Å²) in [5.41, 5.74) is 2.54. The number of hydrogen-bond acceptors (Lipinski definition) is 2. The van der Waals surface area contributed by atoms with E-state index in [1.54, 1.807) is 19.3 Å². The normalized spacial score (nSPS) is 13.3. The van der Waals surface area contributed by atoms with Crippen LogP contribution < -0.4 is 10.4 Å². The molecule has 8 heteroatoms. The van der Waals surface area contributed by atoms with Crippen LogP contribution in [-0.4, -0.2) is 17.5 Å². The summed E-state index contributed by atoms with van der Waals surface area (Å²) in [4.78, 5) is 4.06. The van der Waals surface area contributed by atoms with Crippen LogP contribution in [-0.2, 0) is 0 Å². The first kappa shape index (κ1) is 36.8. The predicted octanol–water partition coefficient (Wildman–Crippen LogP) is 10.00. The van der Waals surface area contributed by atoms with Gasteiger partial charge >= 0.3 is 0 Å². The van der Waals surface area contributed by atoms with E-state index in [0.29, 0.717) is 0 Å². The first-order valence-corrected chi connectivity index (χ1v) is 24.6. The zero-order valence-corrected chi connectivity index (χ0v) is 30.4. The molecule has 176 valence electrons. The van der Waals surface area contributed by atoms with Crippen molar-refractivity contribution >= 4 is 119 Å². The molecule has 0 aromatic carbocycles. The molecule has 0 aliphatic heterocycles. The summed E-state index contributed by atoms with van der Waals surface area (Å²) in [6.45, 7) is 23.1. The van der Waals surface area contributed by atoms with E-state index in [4.69, 9.17) is 5.41 Å². The van der Waals surface area contributed by atoms with Crippen LogP contribution in [0.4, 0.5) is 0 Å². The molecule has 1 heterocycles. The van der Waals surface area contributed by atoms with Crippen LogP contribution >= 0.6 is 100 Å². The van der Waals surface area contributed by atoms with Crippen LogP contribution in [0.5, 0.6) is 0 Å². The summed E-state index contributed by atoms with van der Waals surface area (Å²) in [6, 6.07) is 1.87. The smallest absolute Gasteiger partial charge is 0.0346 e. The average Bonchev–Trinajstić information content (AvgIpc) is 2.63. The molecule has 0 aliphatic rings. The molecule has 0 atom stereocenters. The fourth-order valence-electron chi connectivity index (χ4n) is 1.24. The Kier molecular flexibility index (Phi) is 20.0. The van der Waals surface area contributed by atoms with Crippen molar-refractivity contribution in [3.8, 4) is 0 Å². The van der Waals surface area contributed by atoms with Gasteiger partial charge in [-0.3, -0.25) is 4.98 Å². The van der Waals surface area contributed by atoms with Crippen LogP contribution in [0.25, 0.3) is 12.7 Å². The molecule has 0 saturated heterocycles. The second-order valence-corrected chi connectivity index (χ2v) is 98.9. The summed E-state index contributed by atoms with van der Waals surface area (Å²) in [5, 5.41) is 8.34. The highest BCUT2D eigenvalue weighted by Crippen LogP contribution is 3.15. The van der Waals surface area contributed by atoms with Crippen molar-refractivity contribution in [1.29, 1.82) is 5.41 Å². The van der Waals surface area contributed by atoms with Gasteiger partial charge in [0.1, 0.15) is 0 Å². The van der Waals surface area contributed by atoms with E-state index >= 15 is 0 Å². The van der Waals surface area contributed by atoms with Gasteiger partial charge in [0.25, 0.3) is 0 Å². The highest BCUT2D eigenvalue weighted by Gasteiger charge is 2.41. The maximum absolute atomic E-state index is 6.43. The molecule has 0 unspecified atom stereocenters. The van der Waals surface area contributed by atoms with Crippen molar-refractivity contribution in [2.24, 2.45) is 0 Å². The second-order valence-electron chi connectivity index (χ2n) is 6.00. The molecule has 1 rings (SSSR count). The van der Waals surface area contributed by atoms with Gasteiger partial charge in [-0.15, -0.1) is 0 Å². The molecule has 0 aliphatic carbocycles. The van der Waals surface area contributed by atoms with E-state index in [9.17, 15) is 0 Å². The fourth-order valence-corrected chi connectivity index (χ4v) is 1.24. The van der Waals surface area contributed by atoms with Gasteiger partial charge in [0, 0.05) is 18.6 Å². The lowest BCUT2D eigenvalue weighted by Gasteiger charge is -2.48. The number of nitrogens with zero attached hydrogens (tertiary/aromatic N) is 1. The zero-order chi connectivity index (χ0) is 25.4. The number of hydrogen-bond donors (Lipinski definition) is 1. The van der Waals surface area contributed by atoms with Gasteiger partial charge in [-0.05, 0) is 165 Å². The first-order chi connectivity index (χ1) is 13.9. The summed E-state index contributed by atoms with van der Waals surface area (Å²) < 4.78 is -1.62. The Labute approximate surface area is 249 Å². The first-order valence-electron chi connectivity index (χ1n) is 9.04. The lowest BCUT2D eigenvalue weighted by atomic mass is 10.1. The Bertz CT molecular complexity index is 898. The number of allylic oxidation sites excluding steroid dienone is 7. The number of nitrogens with one attached hydrogen (secondary N) is 1. The van der Waals surface area contributed by atoms with Gasteiger partial charge in [0.15, 0.2) is 0 Å². The Hall–Kier alpha value is 1.26. The lowest BCUT2D eigenvalue weighted by Crippen LogP contribution is -2.23. The second kappa shape index (κ2) is 16.8. The molecule has 0 bridgehead atoms. The topological polar surface area (TPSA) is 36.7 Å². The maximum atomic E-state index is 6.43.